The predicted molar refractivity (Wildman–Crippen MR) is 86.9 cm³/mol. The van der Waals surface area contributed by atoms with E-state index in [-0.39, 0.29) is 0 Å². The maximum Gasteiger partial charge on any atom is 0.0917 e. The molecule has 0 radical (unpaired) electrons. The molecule has 1 unspecified atom stereocenters. The molecule has 0 amide bonds. The number of hydrogen-bond acceptors (Lipinski definition) is 2. The molecule has 0 aliphatic rings. The van der Waals surface area contributed by atoms with Gasteiger partial charge < -0.3 is 5.11 Å². The van der Waals surface area contributed by atoms with Gasteiger partial charge in [-0.2, -0.15) is 0 Å². The Kier molecular flexibility index (Phi) is 7.25. The fourth-order valence-electron chi connectivity index (χ4n) is 2.52. The fourth-order valence-corrected chi connectivity index (χ4v) is 2.52. The lowest BCUT2D eigenvalue weighted by Crippen LogP contribution is -2.35. The van der Waals surface area contributed by atoms with Crippen molar-refractivity contribution < 1.29 is 5.11 Å². The highest BCUT2D eigenvalue weighted by Crippen LogP contribution is 2.18. The summed E-state index contributed by atoms with van der Waals surface area (Å²) < 4.78 is 0. The van der Waals surface area contributed by atoms with Crippen LogP contribution >= 0.6 is 0 Å². The maximum absolute atomic E-state index is 10.4. The summed E-state index contributed by atoms with van der Waals surface area (Å²) in [5.41, 5.74) is 2.38. The average Bonchev–Trinajstić information content (AvgIpc) is 2.38. The second-order valence-corrected chi connectivity index (χ2v) is 6.44. The van der Waals surface area contributed by atoms with E-state index in [2.05, 4.69) is 63.8 Å². The summed E-state index contributed by atoms with van der Waals surface area (Å²) >= 11 is 0. The molecule has 1 aromatic rings. The molecule has 0 aromatic heterocycles. The molecule has 1 N–H and O–H groups in total. The van der Waals surface area contributed by atoms with Crippen LogP contribution in [-0.4, -0.2) is 29.1 Å². The van der Waals surface area contributed by atoms with E-state index in [1.165, 1.54) is 5.56 Å². The normalized spacial score (nSPS) is 13.4. The first kappa shape index (κ1) is 17.2. The van der Waals surface area contributed by atoms with Crippen LogP contribution < -0.4 is 0 Å². The van der Waals surface area contributed by atoms with E-state index in [0.29, 0.717) is 12.0 Å². The Hall–Kier alpha value is -0.860. The Morgan fingerprint density at radius 2 is 1.65 bits per heavy atom. The molecular formula is C18H31NO. The van der Waals surface area contributed by atoms with Crippen LogP contribution in [0.3, 0.4) is 0 Å². The van der Waals surface area contributed by atoms with E-state index in [0.717, 1.165) is 31.5 Å². The van der Waals surface area contributed by atoms with Crippen molar-refractivity contribution in [3.05, 3.63) is 35.4 Å². The van der Waals surface area contributed by atoms with Gasteiger partial charge in [0.2, 0.25) is 0 Å². The highest BCUT2D eigenvalue weighted by Gasteiger charge is 2.15. The molecule has 0 aliphatic heterocycles. The van der Waals surface area contributed by atoms with Crippen molar-refractivity contribution >= 4 is 0 Å². The molecule has 1 rings (SSSR count). The number of aliphatic hydroxyl groups excluding tert-OH is 1. The van der Waals surface area contributed by atoms with Crippen molar-refractivity contribution in [2.75, 3.05) is 13.1 Å². The Labute approximate surface area is 124 Å². The second kappa shape index (κ2) is 8.43. The number of aliphatic hydroxyl groups is 1. The van der Waals surface area contributed by atoms with Gasteiger partial charge in [-0.1, -0.05) is 45.0 Å². The minimum atomic E-state index is -0.392. The highest BCUT2D eigenvalue weighted by atomic mass is 16.3. The molecule has 1 aromatic carbocycles. The Bertz CT molecular complexity index is 370. The Morgan fingerprint density at radius 1 is 1.05 bits per heavy atom. The van der Waals surface area contributed by atoms with Crippen molar-refractivity contribution in [3.63, 3.8) is 0 Å². The summed E-state index contributed by atoms with van der Waals surface area (Å²) in [6.07, 6.45) is 1.83. The SMILES string of the molecule is CCCN(CC(O)c1ccc(CC(C)C)cc1)C(C)C. The number of hydrogen-bond donors (Lipinski definition) is 1. The van der Waals surface area contributed by atoms with Gasteiger partial charge in [0.05, 0.1) is 6.10 Å². The van der Waals surface area contributed by atoms with E-state index in [9.17, 15) is 5.11 Å². The third-order valence-corrected chi connectivity index (χ3v) is 3.66. The number of nitrogens with zero attached hydrogens (tertiary/aromatic N) is 1. The summed E-state index contributed by atoms with van der Waals surface area (Å²) in [5.74, 6) is 0.673. The molecule has 0 spiro atoms. The monoisotopic (exact) mass is 277 g/mol. The number of rotatable bonds is 8. The van der Waals surface area contributed by atoms with Crippen LogP contribution in [0.1, 0.15) is 58.3 Å². The van der Waals surface area contributed by atoms with E-state index in [4.69, 9.17) is 0 Å². The first-order valence-electron chi connectivity index (χ1n) is 7.95. The molecule has 0 saturated carbocycles. The van der Waals surface area contributed by atoms with Gasteiger partial charge in [0, 0.05) is 12.6 Å². The zero-order valence-corrected chi connectivity index (χ0v) is 13.8. The van der Waals surface area contributed by atoms with Crippen molar-refractivity contribution in [3.8, 4) is 0 Å². The van der Waals surface area contributed by atoms with E-state index < -0.39 is 6.10 Å². The summed E-state index contributed by atoms with van der Waals surface area (Å²) in [5, 5.41) is 10.4. The number of benzene rings is 1. The summed E-state index contributed by atoms with van der Waals surface area (Å²) in [4.78, 5) is 2.34. The summed E-state index contributed by atoms with van der Waals surface area (Å²) in [7, 11) is 0. The zero-order valence-electron chi connectivity index (χ0n) is 13.8. The van der Waals surface area contributed by atoms with E-state index >= 15 is 0 Å². The first-order chi connectivity index (χ1) is 9.43. The summed E-state index contributed by atoms with van der Waals surface area (Å²) in [6.45, 7) is 12.8. The molecule has 0 bridgehead atoms. The Morgan fingerprint density at radius 3 is 2.10 bits per heavy atom. The van der Waals surface area contributed by atoms with Crippen LogP contribution in [-0.2, 0) is 6.42 Å². The standard InChI is InChI=1S/C18H31NO/c1-6-11-19(15(4)5)13-18(20)17-9-7-16(8-10-17)12-14(2)3/h7-10,14-15,18,20H,6,11-13H2,1-5H3. The van der Waals surface area contributed by atoms with Gasteiger partial charge in [-0.3, -0.25) is 4.90 Å². The van der Waals surface area contributed by atoms with Crippen LogP contribution in [0.15, 0.2) is 24.3 Å². The van der Waals surface area contributed by atoms with Gasteiger partial charge in [0.1, 0.15) is 0 Å². The van der Waals surface area contributed by atoms with Crippen LogP contribution in [0.25, 0.3) is 0 Å². The zero-order chi connectivity index (χ0) is 15.1. The minimum absolute atomic E-state index is 0.392. The molecule has 2 heteroatoms. The minimum Gasteiger partial charge on any atom is -0.387 e. The maximum atomic E-state index is 10.4. The van der Waals surface area contributed by atoms with Crippen LogP contribution in [0, 0.1) is 5.92 Å². The predicted octanol–water partition coefficient (Wildman–Crippen LogP) is 4.04. The van der Waals surface area contributed by atoms with Crippen molar-refractivity contribution in [2.24, 2.45) is 5.92 Å². The van der Waals surface area contributed by atoms with Crippen LogP contribution in [0.4, 0.5) is 0 Å². The van der Waals surface area contributed by atoms with Gasteiger partial charge in [-0.15, -0.1) is 0 Å². The third-order valence-electron chi connectivity index (χ3n) is 3.66. The van der Waals surface area contributed by atoms with Crippen molar-refractivity contribution in [2.45, 2.75) is 59.6 Å². The van der Waals surface area contributed by atoms with Crippen molar-refractivity contribution in [1.82, 2.24) is 4.90 Å². The van der Waals surface area contributed by atoms with Gasteiger partial charge in [-0.25, -0.2) is 0 Å². The molecular weight excluding hydrogens is 246 g/mol. The lowest BCUT2D eigenvalue weighted by Gasteiger charge is -2.28. The third kappa shape index (κ3) is 5.64. The average molecular weight is 277 g/mol. The van der Waals surface area contributed by atoms with E-state index in [1.807, 2.05) is 0 Å². The first-order valence-corrected chi connectivity index (χ1v) is 7.95. The van der Waals surface area contributed by atoms with Gasteiger partial charge in [0.15, 0.2) is 0 Å². The molecule has 0 aliphatic carbocycles. The van der Waals surface area contributed by atoms with E-state index in [1.54, 1.807) is 0 Å². The Balaban J connectivity index is 2.64. The van der Waals surface area contributed by atoms with Crippen LogP contribution in [0.5, 0.6) is 0 Å². The molecule has 20 heavy (non-hydrogen) atoms. The lowest BCUT2D eigenvalue weighted by atomic mass is 10.00. The van der Waals surface area contributed by atoms with Crippen LogP contribution in [0.2, 0.25) is 0 Å². The lowest BCUT2D eigenvalue weighted by molar-refractivity contribution is 0.0955. The molecule has 2 nitrogen and oxygen atoms in total. The highest BCUT2D eigenvalue weighted by molar-refractivity contribution is 5.24. The molecule has 0 saturated heterocycles. The summed E-state index contributed by atoms with van der Waals surface area (Å²) in [6, 6.07) is 8.93. The molecule has 0 fully saturated rings. The van der Waals surface area contributed by atoms with Crippen molar-refractivity contribution in [1.29, 1.82) is 0 Å². The largest absolute Gasteiger partial charge is 0.387 e. The van der Waals surface area contributed by atoms with Gasteiger partial charge in [-0.05, 0) is 50.3 Å². The fraction of sp³-hybridized carbons (Fsp3) is 0.667. The smallest absolute Gasteiger partial charge is 0.0917 e. The topological polar surface area (TPSA) is 23.5 Å². The second-order valence-electron chi connectivity index (χ2n) is 6.44. The molecule has 114 valence electrons. The van der Waals surface area contributed by atoms with Gasteiger partial charge >= 0.3 is 0 Å². The van der Waals surface area contributed by atoms with Gasteiger partial charge in [0.25, 0.3) is 0 Å². The molecule has 0 heterocycles. The quantitative estimate of drug-likeness (QED) is 0.775. The molecule has 1 atom stereocenters.